The number of hydrogen-bond donors (Lipinski definition) is 1. The van der Waals surface area contributed by atoms with Crippen molar-refractivity contribution < 1.29 is 26.4 Å². The predicted molar refractivity (Wildman–Crippen MR) is 160 cm³/mol. The summed E-state index contributed by atoms with van der Waals surface area (Å²) in [4.78, 5) is 18.8. The van der Waals surface area contributed by atoms with E-state index in [-0.39, 0.29) is 30.6 Å². The number of benzene rings is 4. The second-order valence-corrected chi connectivity index (χ2v) is 12.7. The van der Waals surface area contributed by atoms with Crippen LogP contribution in [-0.2, 0) is 34.0 Å². The zero-order valence-corrected chi connectivity index (χ0v) is 24.0. The van der Waals surface area contributed by atoms with E-state index in [1.54, 1.807) is 29.2 Å². The molecule has 1 heterocycles. The van der Waals surface area contributed by atoms with Crippen LogP contribution in [0.25, 0.3) is 21.7 Å². The Morgan fingerprint density at radius 1 is 0.860 bits per heavy atom. The third kappa shape index (κ3) is 6.16. The number of aromatic nitrogens is 1. The first-order valence-corrected chi connectivity index (χ1v) is 15.5. The zero-order chi connectivity index (χ0) is 30.2. The molecule has 0 atom stereocenters. The maximum Gasteiger partial charge on any atom is 0.416 e. The lowest BCUT2D eigenvalue weighted by Crippen LogP contribution is -2.44. The van der Waals surface area contributed by atoms with Gasteiger partial charge in [0, 0.05) is 41.6 Å². The fourth-order valence-electron chi connectivity index (χ4n) is 5.46. The number of halogens is 3. The number of rotatable bonds is 10. The van der Waals surface area contributed by atoms with Crippen LogP contribution in [0.2, 0.25) is 0 Å². The van der Waals surface area contributed by atoms with Crippen LogP contribution in [0.15, 0.2) is 102 Å². The highest BCUT2D eigenvalue weighted by molar-refractivity contribution is 7.89. The third-order valence-electron chi connectivity index (χ3n) is 7.91. The Hall–Kier alpha value is -4.15. The Kier molecular flexibility index (Phi) is 7.74. The molecule has 6 nitrogen and oxygen atoms in total. The Balaban J connectivity index is 1.28. The minimum Gasteiger partial charge on any atom is -0.361 e. The molecule has 1 N–H and O–H groups in total. The number of nitrogens with zero attached hydrogens (tertiary/aromatic N) is 2. The van der Waals surface area contributed by atoms with Crippen molar-refractivity contribution in [2.75, 3.05) is 13.1 Å². The van der Waals surface area contributed by atoms with Gasteiger partial charge in [0.05, 0.1) is 17.0 Å². The first kappa shape index (κ1) is 28.9. The molecule has 5 aromatic rings. The van der Waals surface area contributed by atoms with Crippen molar-refractivity contribution in [1.82, 2.24) is 14.2 Å². The summed E-state index contributed by atoms with van der Waals surface area (Å²) in [7, 11) is -4.02. The van der Waals surface area contributed by atoms with Gasteiger partial charge in [-0.1, -0.05) is 66.7 Å². The van der Waals surface area contributed by atoms with E-state index in [1.807, 2.05) is 48.7 Å². The largest absolute Gasteiger partial charge is 0.416 e. The summed E-state index contributed by atoms with van der Waals surface area (Å²) in [6.45, 7) is -0.0502. The van der Waals surface area contributed by atoms with Crippen molar-refractivity contribution in [2.24, 2.45) is 0 Å². The summed E-state index contributed by atoms with van der Waals surface area (Å²) in [6, 6.07) is 24.6. The molecule has 0 spiro atoms. The van der Waals surface area contributed by atoms with Crippen molar-refractivity contribution in [2.45, 2.75) is 42.9 Å². The topological polar surface area (TPSA) is 73.5 Å². The Bertz CT molecular complexity index is 1880. The lowest BCUT2D eigenvalue weighted by atomic mass is 10.1. The Morgan fingerprint density at radius 2 is 1.53 bits per heavy atom. The van der Waals surface area contributed by atoms with Crippen molar-refractivity contribution in [3.05, 3.63) is 114 Å². The van der Waals surface area contributed by atoms with Crippen LogP contribution in [0.4, 0.5) is 13.2 Å². The fraction of sp³-hybridized carbons (Fsp3) is 0.242. The molecule has 1 amide bonds. The molecule has 1 aliphatic rings. The second kappa shape index (κ2) is 11.5. The van der Waals surface area contributed by atoms with Gasteiger partial charge in [-0.2, -0.15) is 17.5 Å². The number of para-hydroxylation sites is 1. The quantitative estimate of drug-likeness (QED) is 0.191. The van der Waals surface area contributed by atoms with Crippen LogP contribution in [0.5, 0.6) is 0 Å². The first-order valence-electron chi connectivity index (χ1n) is 14.1. The molecule has 1 fully saturated rings. The van der Waals surface area contributed by atoms with Gasteiger partial charge in [0.25, 0.3) is 0 Å². The first-order chi connectivity index (χ1) is 20.6. The molecule has 1 aromatic heterocycles. The highest BCUT2D eigenvalue weighted by Crippen LogP contribution is 2.35. The van der Waals surface area contributed by atoms with Crippen LogP contribution >= 0.6 is 0 Å². The molecule has 1 saturated carbocycles. The molecule has 1 aliphatic carbocycles. The van der Waals surface area contributed by atoms with Crippen molar-refractivity contribution >= 4 is 37.6 Å². The molecule has 0 bridgehead atoms. The lowest BCUT2D eigenvalue weighted by Gasteiger charge is -2.28. The summed E-state index contributed by atoms with van der Waals surface area (Å²) in [5.41, 5.74) is 1.70. The molecule has 10 heteroatoms. The Morgan fingerprint density at radius 3 is 2.26 bits per heavy atom. The van der Waals surface area contributed by atoms with Crippen LogP contribution in [0.1, 0.15) is 29.5 Å². The third-order valence-corrected chi connectivity index (χ3v) is 9.87. The number of sulfonamides is 1. The van der Waals surface area contributed by atoms with Gasteiger partial charge in [0.15, 0.2) is 0 Å². The minimum atomic E-state index is -4.47. The average molecular weight is 606 g/mol. The van der Waals surface area contributed by atoms with Gasteiger partial charge in [-0.3, -0.25) is 4.79 Å². The van der Waals surface area contributed by atoms with Crippen molar-refractivity contribution in [3.8, 4) is 0 Å². The average Bonchev–Trinajstić information content (AvgIpc) is 3.76. The normalized spacial score (nSPS) is 14.0. The summed E-state index contributed by atoms with van der Waals surface area (Å²) in [5.74, 6) is -0.407. The number of nitrogens with one attached hydrogen (secondary N) is 1. The van der Waals surface area contributed by atoms with E-state index in [2.05, 4.69) is 4.98 Å². The number of hydrogen-bond acceptors (Lipinski definition) is 3. The van der Waals surface area contributed by atoms with Gasteiger partial charge >= 0.3 is 6.18 Å². The number of fused-ring (bicyclic) bond motifs is 2. The van der Waals surface area contributed by atoms with Gasteiger partial charge in [0.1, 0.15) is 0 Å². The van der Waals surface area contributed by atoms with E-state index in [1.165, 1.54) is 16.4 Å². The van der Waals surface area contributed by atoms with Gasteiger partial charge in [-0.05, 0) is 60.0 Å². The number of H-pyrrole nitrogens is 1. The molecule has 43 heavy (non-hydrogen) atoms. The van der Waals surface area contributed by atoms with Crippen LogP contribution in [0.3, 0.4) is 0 Å². The molecule has 0 aliphatic heterocycles. The zero-order valence-electron chi connectivity index (χ0n) is 23.2. The molecule has 4 aromatic carbocycles. The van der Waals surface area contributed by atoms with Gasteiger partial charge in [-0.15, -0.1) is 0 Å². The van der Waals surface area contributed by atoms with E-state index in [9.17, 15) is 26.4 Å². The molecular formula is C33H30F3N3O3S. The lowest BCUT2D eigenvalue weighted by molar-refractivity contribution is -0.137. The number of aromatic amines is 1. The van der Waals surface area contributed by atoms with Crippen LogP contribution in [0, 0.1) is 0 Å². The molecule has 222 valence electrons. The molecular weight excluding hydrogens is 575 g/mol. The van der Waals surface area contributed by atoms with Gasteiger partial charge in [-0.25, -0.2) is 8.42 Å². The molecule has 6 rings (SSSR count). The highest BCUT2D eigenvalue weighted by Gasteiger charge is 2.40. The maximum atomic E-state index is 14.0. The van der Waals surface area contributed by atoms with Crippen LogP contribution in [-0.4, -0.2) is 47.6 Å². The summed E-state index contributed by atoms with van der Waals surface area (Å²) in [5, 5.41) is 2.39. The van der Waals surface area contributed by atoms with E-state index in [4.69, 9.17) is 0 Å². The van der Waals surface area contributed by atoms with Gasteiger partial charge in [0.2, 0.25) is 15.9 Å². The number of carbonyl (C=O) groups excluding carboxylic acids is 1. The van der Waals surface area contributed by atoms with Crippen molar-refractivity contribution in [3.63, 3.8) is 0 Å². The van der Waals surface area contributed by atoms with E-state index in [0.717, 1.165) is 34.0 Å². The minimum absolute atomic E-state index is 0.0478. The second-order valence-electron chi connectivity index (χ2n) is 10.9. The fourth-order valence-corrected chi connectivity index (χ4v) is 7.31. The number of alkyl halides is 3. The standard InChI is InChI=1S/C33H30F3N3O3S/c34-33(35,36)26-14-12-23(13-15-26)21-38(19-18-25-20-37-30-10-4-3-8-28(25)30)32(40)22-39(27-16-17-27)43(41,42)31-11-5-7-24-6-1-2-9-29(24)31/h1-15,20,27,37H,16-19,21-22H2. The molecule has 0 radical (unpaired) electrons. The SMILES string of the molecule is O=C(CN(C1CC1)S(=O)(=O)c1cccc2ccccc12)N(CCc1c[nH]c2ccccc12)Cc1ccc(C(F)(F)F)cc1. The smallest absolute Gasteiger partial charge is 0.361 e. The van der Waals surface area contributed by atoms with Gasteiger partial charge < -0.3 is 9.88 Å². The maximum absolute atomic E-state index is 14.0. The summed E-state index contributed by atoms with van der Waals surface area (Å²) in [6.07, 6.45) is -0.788. The van der Waals surface area contributed by atoms with E-state index in [0.29, 0.717) is 30.2 Å². The molecule has 0 saturated heterocycles. The number of amides is 1. The number of carbonyl (C=O) groups is 1. The summed E-state index contributed by atoms with van der Waals surface area (Å²) < 4.78 is 68.8. The molecule has 0 unspecified atom stereocenters. The highest BCUT2D eigenvalue weighted by atomic mass is 32.2. The van der Waals surface area contributed by atoms with Crippen molar-refractivity contribution in [1.29, 1.82) is 0 Å². The van der Waals surface area contributed by atoms with E-state index < -0.39 is 27.7 Å². The van der Waals surface area contributed by atoms with E-state index >= 15 is 0 Å². The Labute approximate surface area is 247 Å². The van der Waals surface area contributed by atoms with Crippen LogP contribution < -0.4 is 0 Å². The predicted octanol–water partition coefficient (Wildman–Crippen LogP) is 6.76. The summed E-state index contributed by atoms with van der Waals surface area (Å²) >= 11 is 0. The monoisotopic (exact) mass is 605 g/mol.